The molecule has 2 heteroatoms. The second kappa shape index (κ2) is 6.94. The molecule has 0 atom stereocenters. The summed E-state index contributed by atoms with van der Waals surface area (Å²) in [4.78, 5) is 2.19. The average Bonchev–Trinajstić information content (AvgIpc) is 2.41. The van der Waals surface area contributed by atoms with E-state index >= 15 is 0 Å². The number of rotatable bonds is 6. The Morgan fingerprint density at radius 2 is 1.17 bits per heavy atom. The Kier molecular flexibility index (Phi) is 4.94. The van der Waals surface area contributed by atoms with E-state index in [1.165, 1.54) is 11.1 Å². The second-order valence-corrected chi connectivity index (χ2v) is 4.39. The van der Waals surface area contributed by atoms with E-state index in [0.29, 0.717) is 6.54 Å². The van der Waals surface area contributed by atoms with Crippen molar-refractivity contribution in [2.45, 2.75) is 13.1 Å². The van der Waals surface area contributed by atoms with Crippen molar-refractivity contribution >= 4 is 0 Å². The summed E-state index contributed by atoms with van der Waals surface area (Å²) in [6, 6.07) is 20.6. The van der Waals surface area contributed by atoms with Crippen LogP contribution in [0, 0.1) is 0 Å². The highest BCUT2D eigenvalue weighted by Crippen LogP contribution is 2.09. The van der Waals surface area contributed by atoms with Crippen LogP contribution in [0.25, 0.3) is 0 Å². The lowest BCUT2D eigenvalue weighted by molar-refractivity contribution is -0.369. The summed E-state index contributed by atoms with van der Waals surface area (Å²) in [6.07, 6.45) is 0. The third-order valence-corrected chi connectivity index (χ3v) is 2.91. The molecule has 0 spiro atoms. The molecule has 2 rings (SSSR count). The summed E-state index contributed by atoms with van der Waals surface area (Å²) < 4.78 is 0. The predicted octanol–water partition coefficient (Wildman–Crippen LogP) is 2.05. The second-order valence-electron chi connectivity index (χ2n) is 4.39. The van der Waals surface area contributed by atoms with Crippen molar-refractivity contribution in [1.29, 1.82) is 0 Å². The average molecular weight is 240 g/mol. The molecule has 0 aliphatic rings. The zero-order chi connectivity index (χ0) is 12.6. The monoisotopic (exact) mass is 240 g/mol. The summed E-state index contributed by atoms with van der Waals surface area (Å²) in [7, 11) is 0. The third kappa shape index (κ3) is 3.99. The fourth-order valence-electron chi connectivity index (χ4n) is 2.03. The SMILES string of the molecule is [O-]CCN(Cc1ccccc1)Cc1ccccc1. The van der Waals surface area contributed by atoms with Gasteiger partial charge in [-0.3, -0.25) is 4.90 Å². The summed E-state index contributed by atoms with van der Waals surface area (Å²) in [5.74, 6) is 0. The van der Waals surface area contributed by atoms with E-state index in [-0.39, 0.29) is 6.61 Å². The Morgan fingerprint density at radius 3 is 1.56 bits per heavy atom. The molecule has 0 radical (unpaired) electrons. The first kappa shape index (κ1) is 12.8. The molecule has 0 heterocycles. The van der Waals surface area contributed by atoms with Gasteiger partial charge in [0.1, 0.15) is 0 Å². The maximum absolute atomic E-state index is 10.9. The normalized spacial score (nSPS) is 10.8. The van der Waals surface area contributed by atoms with E-state index in [9.17, 15) is 5.11 Å². The van der Waals surface area contributed by atoms with Crippen LogP contribution < -0.4 is 5.11 Å². The van der Waals surface area contributed by atoms with E-state index in [2.05, 4.69) is 29.2 Å². The van der Waals surface area contributed by atoms with E-state index in [4.69, 9.17) is 0 Å². The summed E-state index contributed by atoms with van der Waals surface area (Å²) in [6.45, 7) is 2.19. The topological polar surface area (TPSA) is 26.3 Å². The Labute approximate surface area is 109 Å². The first-order chi connectivity index (χ1) is 8.88. The fraction of sp³-hybridized carbons (Fsp3) is 0.250. The van der Waals surface area contributed by atoms with Crippen molar-refractivity contribution in [2.24, 2.45) is 0 Å². The van der Waals surface area contributed by atoms with Gasteiger partial charge in [0.05, 0.1) is 0 Å². The van der Waals surface area contributed by atoms with Crippen LogP contribution in [0.2, 0.25) is 0 Å². The lowest BCUT2D eigenvalue weighted by atomic mass is 10.1. The first-order valence-electron chi connectivity index (χ1n) is 6.27. The van der Waals surface area contributed by atoms with Gasteiger partial charge in [-0.05, 0) is 17.7 Å². The number of nitrogens with zero attached hydrogens (tertiary/aromatic N) is 1. The molecule has 0 saturated carbocycles. The fourth-order valence-corrected chi connectivity index (χ4v) is 2.03. The standard InChI is InChI=1S/C16H18NO/c18-12-11-17(13-15-7-3-1-4-8-15)14-16-9-5-2-6-10-16/h1-10H,11-14H2/q-1. The minimum absolute atomic E-state index is 0.0559. The van der Waals surface area contributed by atoms with Crippen LogP contribution in [-0.2, 0) is 13.1 Å². The van der Waals surface area contributed by atoms with Gasteiger partial charge in [-0.1, -0.05) is 60.7 Å². The number of hydrogen-bond donors (Lipinski definition) is 0. The molecule has 0 unspecified atom stereocenters. The van der Waals surface area contributed by atoms with Gasteiger partial charge in [-0.15, -0.1) is 6.61 Å². The third-order valence-electron chi connectivity index (χ3n) is 2.91. The van der Waals surface area contributed by atoms with Gasteiger partial charge >= 0.3 is 0 Å². The van der Waals surface area contributed by atoms with E-state index < -0.39 is 0 Å². The molecule has 0 aliphatic heterocycles. The zero-order valence-corrected chi connectivity index (χ0v) is 10.5. The Hall–Kier alpha value is -1.64. The molecule has 0 N–H and O–H groups in total. The van der Waals surface area contributed by atoms with E-state index in [0.717, 1.165) is 13.1 Å². The molecule has 2 aromatic carbocycles. The maximum Gasteiger partial charge on any atom is 0.0236 e. The molecule has 0 aromatic heterocycles. The van der Waals surface area contributed by atoms with Crippen LogP contribution in [0.4, 0.5) is 0 Å². The van der Waals surface area contributed by atoms with Crippen LogP contribution >= 0.6 is 0 Å². The van der Waals surface area contributed by atoms with E-state index in [1.54, 1.807) is 0 Å². The van der Waals surface area contributed by atoms with Gasteiger partial charge in [0.2, 0.25) is 0 Å². The van der Waals surface area contributed by atoms with Crippen LogP contribution in [0.15, 0.2) is 60.7 Å². The lowest BCUT2D eigenvalue weighted by Crippen LogP contribution is -2.30. The van der Waals surface area contributed by atoms with Crippen molar-refractivity contribution in [3.05, 3.63) is 71.8 Å². The molecule has 2 aromatic rings. The van der Waals surface area contributed by atoms with Crippen LogP contribution in [0.1, 0.15) is 11.1 Å². The summed E-state index contributed by atoms with van der Waals surface area (Å²) in [5.41, 5.74) is 2.50. The summed E-state index contributed by atoms with van der Waals surface area (Å²) >= 11 is 0. The van der Waals surface area contributed by atoms with Crippen LogP contribution in [0.5, 0.6) is 0 Å². The van der Waals surface area contributed by atoms with Crippen molar-refractivity contribution in [1.82, 2.24) is 4.90 Å². The zero-order valence-electron chi connectivity index (χ0n) is 10.5. The van der Waals surface area contributed by atoms with Crippen molar-refractivity contribution < 1.29 is 5.11 Å². The molecular weight excluding hydrogens is 222 g/mol. The van der Waals surface area contributed by atoms with Gasteiger partial charge in [-0.25, -0.2) is 0 Å². The minimum atomic E-state index is -0.0559. The van der Waals surface area contributed by atoms with Gasteiger partial charge in [0, 0.05) is 13.1 Å². The predicted molar refractivity (Wildman–Crippen MR) is 71.9 cm³/mol. The Bertz CT molecular complexity index is 400. The van der Waals surface area contributed by atoms with Crippen molar-refractivity contribution in [3.63, 3.8) is 0 Å². The van der Waals surface area contributed by atoms with Gasteiger partial charge < -0.3 is 5.11 Å². The number of hydrogen-bond acceptors (Lipinski definition) is 2. The first-order valence-corrected chi connectivity index (χ1v) is 6.27. The Morgan fingerprint density at radius 1 is 0.722 bits per heavy atom. The minimum Gasteiger partial charge on any atom is -0.854 e. The Balaban J connectivity index is 2.00. The molecule has 0 fully saturated rings. The molecule has 0 saturated heterocycles. The molecule has 94 valence electrons. The van der Waals surface area contributed by atoms with Crippen molar-refractivity contribution in [2.75, 3.05) is 13.2 Å². The van der Waals surface area contributed by atoms with Crippen LogP contribution in [0.3, 0.4) is 0 Å². The maximum atomic E-state index is 10.9. The highest BCUT2D eigenvalue weighted by molar-refractivity contribution is 5.17. The van der Waals surface area contributed by atoms with Crippen LogP contribution in [-0.4, -0.2) is 18.1 Å². The highest BCUT2D eigenvalue weighted by Gasteiger charge is 2.04. The quantitative estimate of drug-likeness (QED) is 0.772. The molecule has 18 heavy (non-hydrogen) atoms. The molecule has 2 nitrogen and oxygen atoms in total. The molecule has 0 amide bonds. The lowest BCUT2D eigenvalue weighted by Gasteiger charge is -2.24. The molecule has 0 aliphatic carbocycles. The van der Waals surface area contributed by atoms with Crippen molar-refractivity contribution in [3.8, 4) is 0 Å². The molecule has 0 bridgehead atoms. The van der Waals surface area contributed by atoms with E-state index in [1.807, 2.05) is 36.4 Å². The smallest absolute Gasteiger partial charge is 0.0236 e. The van der Waals surface area contributed by atoms with Gasteiger partial charge in [0.25, 0.3) is 0 Å². The highest BCUT2D eigenvalue weighted by atomic mass is 16.3. The molecular formula is C16H18NO-. The largest absolute Gasteiger partial charge is 0.854 e. The van der Waals surface area contributed by atoms with Gasteiger partial charge in [-0.2, -0.15) is 0 Å². The number of benzene rings is 2. The van der Waals surface area contributed by atoms with Gasteiger partial charge in [0.15, 0.2) is 0 Å². The summed E-state index contributed by atoms with van der Waals surface area (Å²) in [5, 5.41) is 10.9.